The molecule has 0 saturated heterocycles. The monoisotopic (exact) mass is 166 g/mol. The molecule has 0 unspecified atom stereocenters. The van der Waals surface area contributed by atoms with Crippen LogP contribution < -0.4 is 0 Å². The molecule has 0 heterocycles. The smallest absolute Gasteiger partial charge is 0.219 e. The second-order valence-corrected chi connectivity index (χ2v) is 3.03. The molecule has 1 N–H and O–H groups in total. The van der Waals surface area contributed by atoms with Gasteiger partial charge in [-0.2, -0.15) is 0 Å². The molecule has 0 aromatic rings. The highest BCUT2D eigenvalue weighted by Gasteiger charge is 2.13. The Morgan fingerprint density at radius 2 is 2.33 bits per heavy atom. The van der Waals surface area contributed by atoms with Crippen molar-refractivity contribution in [2.75, 3.05) is 0 Å². The van der Waals surface area contributed by atoms with Gasteiger partial charge in [-0.25, -0.2) is 0 Å². The minimum absolute atomic E-state index is 0.0223. The minimum atomic E-state index is -0.243. The molecular weight excluding hydrogens is 152 g/mol. The van der Waals surface area contributed by atoms with Crippen molar-refractivity contribution < 1.29 is 9.90 Å². The number of allylic oxidation sites excluding steroid dienone is 3. The predicted octanol–water partition coefficient (Wildman–Crippen LogP) is 2.52. The van der Waals surface area contributed by atoms with Crippen molar-refractivity contribution in [2.24, 2.45) is 0 Å². The van der Waals surface area contributed by atoms with Gasteiger partial charge in [-0.1, -0.05) is 19.4 Å². The Morgan fingerprint density at radius 3 is 3.00 bits per heavy atom. The second-order valence-electron chi connectivity index (χ2n) is 3.03. The molecule has 0 spiro atoms. The van der Waals surface area contributed by atoms with E-state index in [0.29, 0.717) is 0 Å². The Balaban J connectivity index is 2.61. The van der Waals surface area contributed by atoms with E-state index in [2.05, 4.69) is 6.92 Å². The van der Waals surface area contributed by atoms with E-state index in [4.69, 9.17) is 0 Å². The predicted molar refractivity (Wildman–Crippen MR) is 47.9 cm³/mol. The van der Waals surface area contributed by atoms with Gasteiger partial charge in [0.25, 0.3) is 0 Å². The van der Waals surface area contributed by atoms with Gasteiger partial charge in [-0.3, -0.25) is 4.79 Å². The summed E-state index contributed by atoms with van der Waals surface area (Å²) in [6.45, 7) is 2.10. The molecular formula is C10H14O2. The van der Waals surface area contributed by atoms with Gasteiger partial charge in [0.2, 0.25) is 5.78 Å². The van der Waals surface area contributed by atoms with E-state index >= 15 is 0 Å². The van der Waals surface area contributed by atoms with Crippen LogP contribution in [-0.4, -0.2) is 10.9 Å². The zero-order chi connectivity index (χ0) is 8.97. The fourth-order valence-corrected chi connectivity index (χ4v) is 1.27. The summed E-state index contributed by atoms with van der Waals surface area (Å²) < 4.78 is 0. The van der Waals surface area contributed by atoms with Crippen molar-refractivity contribution in [3.05, 3.63) is 23.5 Å². The average Bonchev–Trinajstić information content (AvgIpc) is 2.08. The van der Waals surface area contributed by atoms with E-state index in [1.54, 1.807) is 0 Å². The fraction of sp³-hybridized carbons (Fsp3) is 0.500. The molecule has 0 aromatic carbocycles. The van der Waals surface area contributed by atoms with Gasteiger partial charge in [-0.05, 0) is 30.9 Å². The van der Waals surface area contributed by atoms with Crippen LogP contribution in [0.25, 0.3) is 0 Å². The van der Waals surface area contributed by atoms with Crippen LogP contribution in [-0.2, 0) is 4.79 Å². The van der Waals surface area contributed by atoms with Gasteiger partial charge in [-0.15, -0.1) is 0 Å². The van der Waals surface area contributed by atoms with E-state index in [-0.39, 0.29) is 11.5 Å². The highest BCUT2D eigenvalue weighted by atomic mass is 16.3. The Labute approximate surface area is 72.6 Å². The quantitative estimate of drug-likeness (QED) is 0.699. The van der Waals surface area contributed by atoms with Gasteiger partial charge in [0, 0.05) is 0 Å². The van der Waals surface area contributed by atoms with Crippen LogP contribution in [0.2, 0.25) is 0 Å². The Hall–Kier alpha value is -1.05. The summed E-state index contributed by atoms with van der Waals surface area (Å²) >= 11 is 0. The Morgan fingerprint density at radius 1 is 1.58 bits per heavy atom. The molecule has 0 atom stereocenters. The molecule has 0 saturated carbocycles. The van der Waals surface area contributed by atoms with Crippen molar-refractivity contribution in [3.63, 3.8) is 0 Å². The van der Waals surface area contributed by atoms with Crippen LogP contribution >= 0.6 is 0 Å². The SMILES string of the molecule is CCCCC1=C(O)C(=O)C=CC1. The van der Waals surface area contributed by atoms with Gasteiger partial charge in [0.05, 0.1) is 0 Å². The van der Waals surface area contributed by atoms with Crippen LogP contribution in [0.5, 0.6) is 0 Å². The lowest BCUT2D eigenvalue weighted by molar-refractivity contribution is -0.113. The number of carbonyl (C=O) groups is 1. The topological polar surface area (TPSA) is 37.3 Å². The Kier molecular flexibility index (Phi) is 3.09. The number of unbranched alkanes of at least 4 members (excludes halogenated alkanes) is 1. The molecule has 0 fully saturated rings. The molecule has 0 radical (unpaired) electrons. The van der Waals surface area contributed by atoms with Crippen LogP contribution in [0.3, 0.4) is 0 Å². The fourth-order valence-electron chi connectivity index (χ4n) is 1.27. The highest BCUT2D eigenvalue weighted by molar-refractivity contribution is 6.03. The summed E-state index contributed by atoms with van der Waals surface area (Å²) in [6, 6.07) is 0. The number of hydrogen-bond donors (Lipinski definition) is 1. The van der Waals surface area contributed by atoms with Gasteiger partial charge in [0.1, 0.15) is 0 Å². The first-order chi connectivity index (χ1) is 5.75. The normalized spacial score (nSPS) is 17.2. The lowest BCUT2D eigenvalue weighted by atomic mass is 9.98. The summed E-state index contributed by atoms with van der Waals surface area (Å²) in [5.41, 5.74) is 0.893. The molecule has 66 valence electrons. The van der Waals surface area contributed by atoms with E-state index in [1.807, 2.05) is 6.08 Å². The third kappa shape index (κ3) is 1.97. The van der Waals surface area contributed by atoms with E-state index in [1.165, 1.54) is 6.08 Å². The number of hydrogen-bond acceptors (Lipinski definition) is 2. The van der Waals surface area contributed by atoms with Gasteiger partial charge >= 0.3 is 0 Å². The third-order valence-electron chi connectivity index (χ3n) is 2.03. The molecule has 1 aliphatic rings. The average molecular weight is 166 g/mol. The van der Waals surface area contributed by atoms with Gasteiger partial charge < -0.3 is 5.11 Å². The summed E-state index contributed by atoms with van der Waals surface area (Å²) in [5.74, 6) is -0.265. The largest absolute Gasteiger partial charge is 0.504 e. The third-order valence-corrected chi connectivity index (χ3v) is 2.03. The first-order valence-electron chi connectivity index (χ1n) is 4.37. The molecule has 0 aromatic heterocycles. The van der Waals surface area contributed by atoms with Crippen molar-refractivity contribution >= 4 is 5.78 Å². The number of aliphatic hydroxyl groups excluding tert-OH is 1. The molecule has 1 aliphatic carbocycles. The van der Waals surface area contributed by atoms with E-state index in [0.717, 1.165) is 31.3 Å². The second kappa shape index (κ2) is 4.10. The maximum absolute atomic E-state index is 11.0. The van der Waals surface area contributed by atoms with Gasteiger partial charge in [0.15, 0.2) is 5.76 Å². The summed E-state index contributed by atoms with van der Waals surface area (Å²) in [6.07, 6.45) is 6.96. The zero-order valence-corrected chi connectivity index (χ0v) is 7.34. The molecule has 0 aliphatic heterocycles. The maximum atomic E-state index is 11.0. The molecule has 0 amide bonds. The summed E-state index contributed by atoms with van der Waals surface area (Å²) in [5, 5.41) is 9.34. The summed E-state index contributed by atoms with van der Waals surface area (Å²) in [7, 11) is 0. The number of carbonyl (C=O) groups excluding carboxylic acids is 1. The van der Waals surface area contributed by atoms with Crippen molar-refractivity contribution in [3.8, 4) is 0 Å². The lowest BCUT2D eigenvalue weighted by Gasteiger charge is -2.09. The van der Waals surface area contributed by atoms with Crippen molar-refractivity contribution in [2.45, 2.75) is 32.6 Å². The highest BCUT2D eigenvalue weighted by Crippen LogP contribution is 2.20. The zero-order valence-electron chi connectivity index (χ0n) is 7.34. The molecule has 12 heavy (non-hydrogen) atoms. The van der Waals surface area contributed by atoms with Crippen LogP contribution in [0.4, 0.5) is 0 Å². The van der Waals surface area contributed by atoms with Crippen LogP contribution in [0, 0.1) is 0 Å². The van der Waals surface area contributed by atoms with E-state index < -0.39 is 0 Å². The molecule has 2 heteroatoms. The number of aliphatic hydroxyl groups is 1. The van der Waals surface area contributed by atoms with Crippen LogP contribution in [0.15, 0.2) is 23.5 Å². The number of ketones is 1. The molecule has 2 nitrogen and oxygen atoms in total. The molecule has 0 bridgehead atoms. The van der Waals surface area contributed by atoms with E-state index in [9.17, 15) is 9.90 Å². The van der Waals surface area contributed by atoms with Crippen molar-refractivity contribution in [1.29, 1.82) is 0 Å². The first-order valence-corrected chi connectivity index (χ1v) is 4.37. The number of rotatable bonds is 3. The van der Waals surface area contributed by atoms with Crippen LogP contribution in [0.1, 0.15) is 32.6 Å². The maximum Gasteiger partial charge on any atom is 0.219 e. The minimum Gasteiger partial charge on any atom is -0.504 e. The van der Waals surface area contributed by atoms with Crippen molar-refractivity contribution in [1.82, 2.24) is 0 Å². The standard InChI is InChI=1S/C10H14O2/c1-2-3-5-8-6-4-7-9(11)10(8)12/h4,7,12H,2-3,5-6H2,1H3. The first kappa shape index (κ1) is 9.04. The summed E-state index contributed by atoms with van der Waals surface area (Å²) in [4.78, 5) is 11.0. The Bertz CT molecular complexity index is 236. The molecule has 1 rings (SSSR count). The lowest BCUT2D eigenvalue weighted by Crippen LogP contribution is -2.06.